The van der Waals surface area contributed by atoms with Crippen LogP contribution >= 0.6 is 0 Å². The van der Waals surface area contributed by atoms with E-state index in [1.165, 1.54) is 61.2 Å². The number of para-hydroxylation sites is 2. The van der Waals surface area contributed by atoms with Crippen molar-refractivity contribution in [3.8, 4) is 56.0 Å². The van der Waals surface area contributed by atoms with Gasteiger partial charge in [0, 0.05) is 28.1 Å². The van der Waals surface area contributed by atoms with Crippen LogP contribution in [-0.2, 0) is 10.8 Å². The molecule has 328 valence electrons. The van der Waals surface area contributed by atoms with Gasteiger partial charge >= 0.3 is 0 Å². The lowest BCUT2D eigenvalue weighted by molar-refractivity contribution is 0.436. The topological polar surface area (TPSA) is 12.5 Å². The van der Waals surface area contributed by atoms with E-state index in [1.54, 1.807) is 0 Å². The highest BCUT2D eigenvalue weighted by molar-refractivity contribution is 5.95. The van der Waals surface area contributed by atoms with Crippen LogP contribution < -0.4 is 9.64 Å². The van der Waals surface area contributed by atoms with E-state index < -0.39 is 10.8 Å². The predicted molar refractivity (Wildman–Crippen MR) is 287 cm³/mol. The molecule has 0 atom stereocenters. The Bertz CT molecular complexity index is 3720. The molecule has 0 radical (unpaired) electrons. The molecule has 0 amide bonds. The number of fused-ring (bicyclic) bond motifs is 12. The maximum atomic E-state index is 6.92. The number of nitrogens with zero attached hydrogens (tertiary/aromatic N) is 1. The molecule has 11 aromatic rings. The number of hydrogen-bond donors (Lipinski definition) is 0. The van der Waals surface area contributed by atoms with Crippen LogP contribution in [0.5, 0.6) is 11.5 Å². The van der Waals surface area contributed by atoms with Gasteiger partial charge in [-0.15, -0.1) is 0 Å². The lowest BCUT2D eigenvalue weighted by Gasteiger charge is -2.40. The quantitative estimate of drug-likeness (QED) is 0.158. The first-order valence-corrected chi connectivity index (χ1v) is 24.3. The van der Waals surface area contributed by atoms with Gasteiger partial charge < -0.3 is 9.64 Å². The molecule has 14 rings (SSSR count). The molecule has 0 fully saturated rings. The second-order valence-electron chi connectivity index (χ2n) is 18.6. The summed E-state index contributed by atoms with van der Waals surface area (Å²) in [4.78, 5) is 2.44. The Balaban J connectivity index is 0.988. The summed E-state index contributed by atoms with van der Waals surface area (Å²) in [5.41, 5.74) is 21.7. The smallest absolute Gasteiger partial charge is 0.132 e. The molecular weight excluding hydrogens is 847 g/mol. The average Bonchev–Trinajstić information content (AvgIpc) is 3.91. The molecule has 1 aliphatic heterocycles. The van der Waals surface area contributed by atoms with Gasteiger partial charge in [-0.3, -0.25) is 0 Å². The Labute approximate surface area is 409 Å². The van der Waals surface area contributed by atoms with E-state index >= 15 is 0 Å². The van der Waals surface area contributed by atoms with E-state index in [9.17, 15) is 0 Å². The van der Waals surface area contributed by atoms with Crippen LogP contribution in [0.4, 0.5) is 17.1 Å². The maximum Gasteiger partial charge on any atom is 0.132 e. The average molecular weight is 892 g/mol. The van der Waals surface area contributed by atoms with Gasteiger partial charge in [-0.05, 0) is 115 Å². The van der Waals surface area contributed by atoms with Crippen molar-refractivity contribution < 1.29 is 4.74 Å². The fraction of sp³-hybridized carbons (Fsp3) is 0.0294. The summed E-state index contributed by atoms with van der Waals surface area (Å²) in [7, 11) is 0. The zero-order valence-corrected chi connectivity index (χ0v) is 38.3. The highest BCUT2D eigenvalue weighted by Gasteiger charge is 2.51. The summed E-state index contributed by atoms with van der Waals surface area (Å²) in [5, 5.41) is 0. The molecule has 0 unspecified atom stereocenters. The van der Waals surface area contributed by atoms with Crippen molar-refractivity contribution >= 4 is 17.1 Å². The predicted octanol–water partition coefficient (Wildman–Crippen LogP) is 17.3. The van der Waals surface area contributed by atoms with Gasteiger partial charge in [0.25, 0.3) is 0 Å². The third-order valence-electron chi connectivity index (χ3n) is 15.2. The van der Waals surface area contributed by atoms with Crippen molar-refractivity contribution in [2.75, 3.05) is 4.90 Å². The van der Waals surface area contributed by atoms with Crippen LogP contribution in [-0.4, -0.2) is 0 Å². The van der Waals surface area contributed by atoms with Crippen molar-refractivity contribution in [3.05, 3.63) is 317 Å². The first-order valence-electron chi connectivity index (χ1n) is 24.3. The zero-order valence-electron chi connectivity index (χ0n) is 38.3. The molecule has 3 aliphatic rings. The molecule has 0 saturated carbocycles. The third-order valence-corrected chi connectivity index (χ3v) is 15.2. The molecule has 1 heterocycles. The van der Waals surface area contributed by atoms with Crippen LogP contribution in [0.3, 0.4) is 0 Å². The standard InChI is InChI=1S/C68H45NO/c1-4-21-46(22-5-1)52-27-13-18-37-63(52)69(51-43-44-65-62(45-51)68(61-36-17-19-38-64(61)70-65)59-34-15-10-28-54(59)55-29-11-16-35-60(55)68)50-41-39-47(40-42-50)53-31-20-32-57-56-30-12-14-33-58(56)67(66(53)57,48-23-6-2-7-24-48)49-25-8-3-9-26-49/h1-45H. The molecule has 1 spiro atoms. The van der Waals surface area contributed by atoms with Crippen LogP contribution in [0.25, 0.3) is 44.5 Å². The van der Waals surface area contributed by atoms with Crippen molar-refractivity contribution in [3.63, 3.8) is 0 Å². The number of anilines is 3. The second-order valence-corrected chi connectivity index (χ2v) is 18.6. The molecule has 2 aliphatic carbocycles. The van der Waals surface area contributed by atoms with Gasteiger partial charge in [-0.1, -0.05) is 231 Å². The summed E-state index contributed by atoms with van der Waals surface area (Å²) in [6, 6.07) is 100. The van der Waals surface area contributed by atoms with Gasteiger partial charge in [-0.2, -0.15) is 0 Å². The Hall–Kier alpha value is -8.98. The van der Waals surface area contributed by atoms with E-state index in [0.717, 1.165) is 56.4 Å². The molecule has 0 N–H and O–H groups in total. The monoisotopic (exact) mass is 891 g/mol. The maximum absolute atomic E-state index is 6.92. The van der Waals surface area contributed by atoms with Gasteiger partial charge in [0.1, 0.15) is 11.5 Å². The summed E-state index contributed by atoms with van der Waals surface area (Å²) in [6.07, 6.45) is 0. The fourth-order valence-corrected chi connectivity index (χ4v) is 12.5. The minimum atomic E-state index is -0.600. The molecule has 2 heteroatoms. The van der Waals surface area contributed by atoms with Gasteiger partial charge in [0.15, 0.2) is 0 Å². The van der Waals surface area contributed by atoms with Crippen LogP contribution in [0.15, 0.2) is 273 Å². The van der Waals surface area contributed by atoms with E-state index in [0.29, 0.717) is 0 Å². The first-order chi connectivity index (χ1) is 34.7. The zero-order chi connectivity index (χ0) is 46.2. The lowest BCUT2D eigenvalue weighted by Crippen LogP contribution is -2.32. The van der Waals surface area contributed by atoms with Crippen molar-refractivity contribution in [1.82, 2.24) is 0 Å². The third kappa shape index (κ3) is 5.68. The molecule has 0 aromatic heterocycles. The van der Waals surface area contributed by atoms with Gasteiger partial charge in [0.2, 0.25) is 0 Å². The number of rotatable bonds is 7. The van der Waals surface area contributed by atoms with E-state index in [2.05, 4.69) is 278 Å². The first kappa shape index (κ1) is 40.1. The van der Waals surface area contributed by atoms with Crippen molar-refractivity contribution in [2.45, 2.75) is 10.8 Å². The molecule has 0 saturated heterocycles. The molecule has 11 aromatic carbocycles. The van der Waals surface area contributed by atoms with E-state index in [-0.39, 0.29) is 0 Å². The second kappa shape index (κ2) is 15.8. The summed E-state index contributed by atoms with van der Waals surface area (Å²) in [6.45, 7) is 0. The minimum Gasteiger partial charge on any atom is -0.457 e. The Morgan fingerprint density at radius 3 is 1.36 bits per heavy atom. The Morgan fingerprint density at radius 1 is 0.271 bits per heavy atom. The van der Waals surface area contributed by atoms with E-state index in [1.807, 2.05) is 0 Å². The lowest BCUT2D eigenvalue weighted by atomic mass is 9.66. The summed E-state index contributed by atoms with van der Waals surface area (Å²) < 4.78 is 6.92. The minimum absolute atomic E-state index is 0.526. The van der Waals surface area contributed by atoms with E-state index in [4.69, 9.17) is 4.74 Å². The van der Waals surface area contributed by atoms with Crippen molar-refractivity contribution in [2.24, 2.45) is 0 Å². The highest BCUT2D eigenvalue weighted by atomic mass is 16.5. The molecule has 2 nitrogen and oxygen atoms in total. The van der Waals surface area contributed by atoms with Gasteiger partial charge in [-0.25, -0.2) is 0 Å². The largest absolute Gasteiger partial charge is 0.457 e. The number of benzene rings is 11. The Kier molecular flexibility index (Phi) is 9.06. The highest BCUT2D eigenvalue weighted by Crippen LogP contribution is 2.63. The summed E-state index contributed by atoms with van der Waals surface area (Å²) >= 11 is 0. The van der Waals surface area contributed by atoms with Crippen molar-refractivity contribution in [1.29, 1.82) is 0 Å². The molecule has 70 heavy (non-hydrogen) atoms. The number of hydrogen-bond acceptors (Lipinski definition) is 2. The summed E-state index contributed by atoms with van der Waals surface area (Å²) in [5.74, 6) is 1.75. The molecular formula is C68H45NO. The Morgan fingerprint density at radius 2 is 0.714 bits per heavy atom. The SMILES string of the molecule is c1ccc(-c2ccccc2N(c2ccc(-c3cccc4c3C(c3ccccc3)(c3ccccc3)c3ccccc3-4)cc2)c2ccc3c(c2)C2(c4ccccc4O3)c3ccccc3-c3ccccc32)cc1. The number of ether oxygens (including phenoxy) is 1. The fourth-order valence-electron chi connectivity index (χ4n) is 12.5. The molecule has 0 bridgehead atoms. The van der Waals surface area contributed by atoms with Crippen LogP contribution in [0.2, 0.25) is 0 Å². The normalized spacial score (nSPS) is 13.8. The van der Waals surface area contributed by atoms with Gasteiger partial charge in [0.05, 0.1) is 16.5 Å². The van der Waals surface area contributed by atoms with Crippen LogP contribution in [0.1, 0.15) is 44.5 Å². The van der Waals surface area contributed by atoms with Crippen LogP contribution in [0, 0.1) is 0 Å².